The van der Waals surface area contributed by atoms with E-state index in [-0.39, 0.29) is 38.5 Å². The van der Waals surface area contributed by atoms with Gasteiger partial charge in [0.1, 0.15) is 5.78 Å². The second kappa shape index (κ2) is 5.62. The molecular weight excluding hydrogens is 251 g/mol. The van der Waals surface area contributed by atoms with Gasteiger partial charge < -0.3 is 4.90 Å². The largest absolute Gasteiger partial charge is 0.463 e. The summed E-state index contributed by atoms with van der Waals surface area (Å²) in [4.78, 5) is 13.0. The van der Waals surface area contributed by atoms with Crippen molar-refractivity contribution in [1.29, 1.82) is 0 Å². The van der Waals surface area contributed by atoms with Gasteiger partial charge in [0.2, 0.25) is 0 Å². The van der Waals surface area contributed by atoms with E-state index in [0.717, 1.165) is 17.6 Å². The van der Waals surface area contributed by atoms with Gasteiger partial charge in [-0.2, -0.15) is 0 Å². The monoisotopic (exact) mass is 265 g/mol. The Kier molecular flexibility index (Phi) is 5.54. The van der Waals surface area contributed by atoms with Crippen molar-refractivity contribution in [1.82, 2.24) is 4.90 Å². The van der Waals surface area contributed by atoms with Gasteiger partial charge in [-0.3, -0.25) is 4.79 Å². The molecule has 0 amide bonds. The van der Waals surface area contributed by atoms with Gasteiger partial charge in [-0.05, 0) is 14.0 Å². The van der Waals surface area contributed by atoms with Gasteiger partial charge in [-0.25, -0.2) is 0 Å². The van der Waals surface area contributed by atoms with Crippen LogP contribution in [0.25, 0.3) is 0 Å². The van der Waals surface area contributed by atoms with Crippen molar-refractivity contribution < 1.29 is 37.5 Å². The van der Waals surface area contributed by atoms with E-state index in [4.69, 9.17) is 0 Å². The summed E-state index contributed by atoms with van der Waals surface area (Å²) in [5, 5.41) is 0. The van der Waals surface area contributed by atoms with Crippen molar-refractivity contribution in [3.63, 3.8) is 0 Å². The van der Waals surface area contributed by atoms with Crippen LogP contribution in [-0.4, -0.2) is 17.7 Å². The average Bonchev–Trinajstić information content (AvgIpc) is 2.08. The minimum absolute atomic E-state index is 0. The van der Waals surface area contributed by atoms with Gasteiger partial charge in [0.05, 0.1) is 0 Å². The number of carbonyl (C=O) groups is 1. The van der Waals surface area contributed by atoms with Gasteiger partial charge in [-0.15, -0.1) is 17.7 Å². The molecule has 0 unspecified atom stereocenters. The van der Waals surface area contributed by atoms with Gasteiger partial charge >= 0.3 is 0 Å². The van der Waals surface area contributed by atoms with Crippen LogP contribution in [0.3, 0.4) is 0 Å². The molecule has 0 atom stereocenters. The smallest absolute Gasteiger partial charge is 0.137 e. The molecule has 3 heteroatoms. The standard InChI is InChI=1S/C11H14NO.Y/c1-5-10-6-12(4)7-11(8(10)2)9(3)13;/h7H,2,5H2,1,3-4H3;/q-1;. The van der Waals surface area contributed by atoms with Crippen molar-refractivity contribution in [2.45, 2.75) is 20.3 Å². The van der Waals surface area contributed by atoms with Crippen LogP contribution in [0.5, 0.6) is 0 Å². The minimum atomic E-state index is 0. The predicted molar refractivity (Wildman–Crippen MR) is 52.7 cm³/mol. The molecule has 0 saturated carbocycles. The molecule has 0 fully saturated rings. The van der Waals surface area contributed by atoms with Crippen LogP contribution >= 0.6 is 0 Å². The number of allylic oxidation sites excluding steroid dienone is 3. The van der Waals surface area contributed by atoms with Crippen LogP contribution < -0.4 is 0 Å². The van der Waals surface area contributed by atoms with Crippen LogP contribution in [0.2, 0.25) is 0 Å². The summed E-state index contributed by atoms with van der Waals surface area (Å²) in [6.07, 6.45) is 5.75. The summed E-state index contributed by atoms with van der Waals surface area (Å²) in [6, 6.07) is 0. The zero-order valence-corrected chi connectivity index (χ0v) is 11.8. The molecule has 1 radical (unpaired) electrons. The van der Waals surface area contributed by atoms with Gasteiger partial charge in [-0.1, -0.05) is 31.3 Å². The molecule has 14 heavy (non-hydrogen) atoms. The van der Waals surface area contributed by atoms with E-state index in [0.29, 0.717) is 5.57 Å². The second-order valence-corrected chi connectivity index (χ2v) is 3.13. The van der Waals surface area contributed by atoms with Gasteiger partial charge in [0.15, 0.2) is 0 Å². The fourth-order valence-electron chi connectivity index (χ4n) is 1.34. The number of hydrogen-bond acceptors (Lipinski definition) is 2. The number of rotatable bonds is 2. The zero-order valence-electron chi connectivity index (χ0n) is 8.92. The van der Waals surface area contributed by atoms with Crippen LogP contribution in [0.1, 0.15) is 20.3 Å². The van der Waals surface area contributed by atoms with Gasteiger partial charge in [0, 0.05) is 32.7 Å². The van der Waals surface area contributed by atoms with E-state index < -0.39 is 0 Å². The fourth-order valence-corrected chi connectivity index (χ4v) is 1.34. The number of nitrogens with zero attached hydrogens (tertiary/aromatic N) is 1. The third kappa shape index (κ3) is 2.89. The number of Topliss-reactive ketones (excluding diaryl/α,β-unsaturated/α-hetero) is 1. The Balaban J connectivity index is 0.00000169. The van der Waals surface area contributed by atoms with Gasteiger partial charge in [0.25, 0.3) is 0 Å². The summed E-state index contributed by atoms with van der Waals surface area (Å²) in [5.74, 6) is 0.0595. The third-order valence-electron chi connectivity index (χ3n) is 2.06. The first-order valence-electron chi connectivity index (χ1n) is 4.34. The maximum Gasteiger partial charge on any atom is 0.137 e. The Morgan fingerprint density at radius 3 is 2.64 bits per heavy atom. The second-order valence-electron chi connectivity index (χ2n) is 3.13. The normalized spacial score (nSPS) is 15.6. The molecule has 0 N–H and O–H groups in total. The number of ketones is 1. The van der Waals surface area contributed by atoms with Crippen LogP contribution in [-0.2, 0) is 37.5 Å². The molecule has 2 nitrogen and oxygen atoms in total. The summed E-state index contributed by atoms with van der Waals surface area (Å²) in [6.45, 7) is 7.48. The molecule has 0 saturated heterocycles. The molecule has 1 aliphatic rings. The van der Waals surface area contributed by atoms with Crippen molar-refractivity contribution in [3.8, 4) is 0 Å². The summed E-state index contributed by atoms with van der Waals surface area (Å²) < 4.78 is 0. The molecule has 0 aromatic rings. The topological polar surface area (TPSA) is 20.3 Å². The van der Waals surface area contributed by atoms with Crippen LogP contribution in [0, 0.1) is 6.20 Å². The molecule has 0 aromatic carbocycles. The maximum absolute atomic E-state index is 11.2. The van der Waals surface area contributed by atoms with Crippen molar-refractivity contribution in [3.05, 3.63) is 35.7 Å². The number of carbonyl (C=O) groups excluding carboxylic acids is 1. The molecule has 1 heterocycles. The van der Waals surface area contributed by atoms with E-state index >= 15 is 0 Å². The minimum Gasteiger partial charge on any atom is -0.463 e. The SMILES string of the molecule is C=C1C(CC)=[C-]N(C)C=C1C(C)=O.[Y]. The Morgan fingerprint density at radius 2 is 2.21 bits per heavy atom. The van der Waals surface area contributed by atoms with E-state index in [1.807, 2.05) is 14.0 Å². The molecular formula is C11H14NOY-. The molecule has 0 aliphatic carbocycles. The molecule has 1 aliphatic heterocycles. The van der Waals surface area contributed by atoms with Crippen LogP contribution in [0.4, 0.5) is 0 Å². The fraction of sp³-hybridized carbons (Fsp3) is 0.364. The molecule has 73 valence electrons. The van der Waals surface area contributed by atoms with E-state index in [2.05, 4.69) is 12.8 Å². The zero-order chi connectivity index (χ0) is 10.0. The number of hydrogen-bond donors (Lipinski definition) is 0. The van der Waals surface area contributed by atoms with E-state index in [1.54, 1.807) is 18.0 Å². The molecule has 0 spiro atoms. The van der Waals surface area contributed by atoms with E-state index in [9.17, 15) is 4.79 Å². The van der Waals surface area contributed by atoms with Crippen molar-refractivity contribution in [2.24, 2.45) is 0 Å². The molecule has 0 bridgehead atoms. The third-order valence-corrected chi connectivity index (χ3v) is 2.06. The Labute approximate surface area is 111 Å². The first-order chi connectivity index (χ1) is 6.06. The molecule has 1 rings (SSSR count). The van der Waals surface area contributed by atoms with E-state index in [1.165, 1.54) is 0 Å². The summed E-state index contributed by atoms with van der Waals surface area (Å²) >= 11 is 0. The summed E-state index contributed by atoms with van der Waals surface area (Å²) in [5.41, 5.74) is 2.52. The van der Waals surface area contributed by atoms with Crippen molar-refractivity contribution in [2.75, 3.05) is 7.05 Å². The Hall–Kier alpha value is -0.206. The summed E-state index contributed by atoms with van der Waals surface area (Å²) in [7, 11) is 1.87. The first-order valence-corrected chi connectivity index (χ1v) is 4.34. The first kappa shape index (κ1) is 13.8. The van der Waals surface area contributed by atoms with Crippen LogP contribution in [0.15, 0.2) is 29.5 Å². The average molecular weight is 265 g/mol. The maximum atomic E-state index is 11.2. The quantitative estimate of drug-likeness (QED) is 0.712. The Morgan fingerprint density at radius 1 is 1.64 bits per heavy atom. The molecule has 0 aromatic heterocycles. The van der Waals surface area contributed by atoms with Crippen molar-refractivity contribution >= 4 is 5.78 Å². The predicted octanol–water partition coefficient (Wildman–Crippen LogP) is 2.06. The Bertz CT molecular complexity index is 315.